The summed E-state index contributed by atoms with van der Waals surface area (Å²) in [5.74, 6) is 0.264. The van der Waals surface area contributed by atoms with Crippen molar-refractivity contribution in [1.82, 2.24) is 19.6 Å². The molecule has 4 aromatic rings. The summed E-state index contributed by atoms with van der Waals surface area (Å²) in [6.45, 7) is 0.383. The summed E-state index contributed by atoms with van der Waals surface area (Å²) in [5.41, 5.74) is 2.86. The summed E-state index contributed by atoms with van der Waals surface area (Å²) in [4.78, 5) is 18.1. The van der Waals surface area contributed by atoms with Gasteiger partial charge in [0.2, 0.25) is 10.0 Å². The Morgan fingerprint density at radius 1 is 1.03 bits per heavy atom. The topological polar surface area (TPSA) is 102 Å². The molecule has 0 aliphatic carbocycles. The van der Waals surface area contributed by atoms with Crippen LogP contribution in [0.1, 0.15) is 27.8 Å². The lowest BCUT2D eigenvalue weighted by atomic mass is 10.1. The van der Waals surface area contributed by atoms with Crippen LogP contribution in [0.2, 0.25) is 0 Å². The van der Waals surface area contributed by atoms with E-state index in [0.717, 1.165) is 16.6 Å². The van der Waals surface area contributed by atoms with Gasteiger partial charge in [0.25, 0.3) is 5.91 Å². The summed E-state index contributed by atoms with van der Waals surface area (Å²) >= 11 is 0. The Morgan fingerprint density at radius 2 is 1.76 bits per heavy atom. The Hall–Kier alpha value is -3.53. The maximum absolute atomic E-state index is 13.3. The molecular weight excluding hydrogens is 452 g/mol. The highest BCUT2D eigenvalue weighted by atomic mass is 32.2. The fraction of sp³-hybridized carbons (Fsp3) is 0.200. The second kappa shape index (κ2) is 10.2. The molecule has 1 heterocycles. The third kappa shape index (κ3) is 5.01. The van der Waals surface area contributed by atoms with Gasteiger partial charge in [-0.1, -0.05) is 48.5 Å². The number of sulfonamides is 1. The van der Waals surface area contributed by atoms with E-state index < -0.39 is 22.0 Å². The zero-order valence-corrected chi connectivity index (χ0v) is 19.7. The number of aryl methyl sites for hydroxylation is 1. The number of ether oxygens (including phenoxy) is 1. The van der Waals surface area contributed by atoms with Crippen LogP contribution in [-0.2, 0) is 21.8 Å². The molecule has 0 spiro atoms. The van der Waals surface area contributed by atoms with Crippen LogP contribution in [0.25, 0.3) is 11.0 Å². The van der Waals surface area contributed by atoms with Gasteiger partial charge in [0.15, 0.2) is 0 Å². The zero-order chi connectivity index (χ0) is 24.1. The average Bonchev–Trinajstić information content (AvgIpc) is 3.19. The smallest absolute Gasteiger partial charge is 0.252 e. The summed E-state index contributed by atoms with van der Waals surface area (Å²) in [6.07, 6.45) is 0. The number of nitrogens with one attached hydrogen (secondary N) is 2. The number of methoxy groups -OCH3 is 1. The molecule has 34 heavy (non-hydrogen) atoms. The number of benzene rings is 3. The molecule has 9 heteroatoms. The van der Waals surface area contributed by atoms with E-state index in [-0.39, 0.29) is 23.6 Å². The maximum Gasteiger partial charge on any atom is 0.252 e. The number of para-hydroxylation sites is 2. The van der Waals surface area contributed by atoms with Gasteiger partial charge in [0, 0.05) is 26.3 Å². The highest BCUT2D eigenvalue weighted by Crippen LogP contribution is 2.25. The van der Waals surface area contributed by atoms with E-state index in [0.29, 0.717) is 5.82 Å². The van der Waals surface area contributed by atoms with Crippen molar-refractivity contribution in [2.75, 3.05) is 20.3 Å². The lowest BCUT2D eigenvalue weighted by molar-refractivity contribution is 0.0941. The average molecular weight is 479 g/mol. The molecule has 0 saturated carbocycles. The van der Waals surface area contributed by atoms with E-state index in [2.05, 4.69) is 10.0 Å². The largest absolute Gasteiger partial charge is 0.383 e. The molecule has 4 rings (SSSR count). The third-order valence-electron chi connectivity index (χ3n) is 5.49. The predicted octanol–water partition coefficient (Wildman–Crippen LogP) is 3.02. The van der Waals surface area contributed by atoms with Gasteiger partial charge in [-0.15, -0.1) is 0 Å². The highest BCUT2D eigenvalue weighted by Gasteiger charge is 2.24. The van der Waals surface area contributed by atoms with E-state index >= 15 is 0 Å². The third-order valence-corrected chi connectivity index (χ3v) is 6.95. The maximum atomic E-state index is 13.3. The van der Waals surface area contributed by atoms with Gasteiger partial charge in [-0.3, -0.25) is 4.79 Å². The Balaban J connectivity index is 1.66. The molecule has 0 radical (unpaired) electrons. The fourth-order valence-electron chi connectivity index (χ4n) is 3.75. The van der Waals surface area contributed by atoms with Crippen LogP contribution in [0, 0.1) is 0 Å². The minimum Gasteiger partial charge on any atom is -0.383 e. The van der Waals surface area contributed by atoms with Gasteiger partial charge in [-0.2, -0.15) is 0 Å². The standard InChI is InChI=1S/C25H26N4O4S/c1-29-22-14-7-6-13-21(22)27-24(29)23(18-9-4-3-5-10-18)28-25(30)19-11-8-12-20(17-19)34(31,32)26-15-16-33-2/h3-14,17,23,26H,15-16H2,1-2H3,(H,28,30). The van der Waals surface area contributed by atoms with Crippen molar-refractivity contribution < 1.29 is 17.9 Å². The summed E-state index contributed by atoms with van der Waals surface area (Å²) in [6, 6.07) is 22.7. The first-order valence-corrected chi connectivity index (χ1v) is 12.2. The van der Waals surface area contributed by atoms with Crippen molar-refractivity contribution in [1.29, 1.82) is 0 Å². The van der Waals surface area contributed by atoms with E-state index in [4.69, 9.17) is 9.72 Å². The monoisotopic (exact) mass is 478 g/mol. The van der Waals surface area contributed by atoms with Gasteiger partial charge in [-0.25, -0.2) is 18.1 Å². The zero-order valence-electron chi connectivity index (χ0n) is 18.9. The SMILES string of the molecule is COCCNS(=O)(=O)c1cccc(C(=O)NC(c2ccccc2)c2nc3ccccc3n2C)c1. The Morgan fingerprint density at radius 3 is 2.50 bits per heavy atom. The number of hydrogen-bond acceptors (Lipinski definition) is 5. The second-order valence-corrected chi connectivity index (χ2v) is 9.52. The predicted molar refractivity (Wildman–Crippen MR) is 130 cm³/mol. The van der Waals surface area contributed by atoms with Gasteiger partial charge in [-0.05, 0) is 35.9 Å². The normalized spacial score (nSPS) is 12.5. The number of imidazole rings is 1. The van der Waals surface area contributed by atoms with Crippen molar-refractivity contribution >= 4 is 27.0 Å². The highest BCUT2D eigenvalue weighted by molar-refractivity contribution is 7.89. The molecule has 0 aliphatic rings. The number of carbonyl (C=O) groups excluding carboxylic acids is 1. The first kappa shape index (κ1) is 23.6. The molecule has 0 bridgehead atoms. The molecule has 0 aliphatic heterocycles. The minimum absolute atomic E-state index is 0.00949. The van der Waals surface area contributed by atoms with Crippen molar-refractivity contribution in [3.05, 3.63) is 95.8 Å². The van der Waals surface area contributed by atoms with Crippen LogP contribution in [0.4, 0.5) is 0 Å². The summed E-state index contributed by atoms with van der Waals surface area (Å²) in [5, 5.41) is 3.04. The van der Waals surface area contributed by atoms with Crippen LogP contribution in [-0.4, -0.2) is 44.1 Å². The van der Waals surface area contributed by atoms with Crippen molar-refractivity contribution in [3.63, 3.8) is 0 Å². The van der Waals surface area contributed by atoms with E-state index in [1.54, 1.807) is 12.1 Å². The number of hydrogen-bond donors (Lipinski definition) is 2. The van der Waals surface area contributed by atoms with Crippen LogP contribution < -0.4 is 10.0 Å². The molecule has 1 aromatic heterocycles. The summed E-state index contributed by atoms with van der Waals surface area (Å²) < 4.78 is 34.5. The number of nitrogens with zero attached hydrogens (tertiary/aromatic N) is 2. The molecule has 1 amide bonds. The van der Waals surface area contributed by atoms with Gasteiger partial charge in [0.1, 0.15) is 11.9 Å². The quantitative estimate of drug-likeness (QED) is 0.360. The molecule has 1 unspecified atom stereocenters. The first-order valence-electron chi connectivity index (χ1n) is 10.8. The molecule has 8 nitrogen and oxygen atoms in total. The Kier molecular flexibility index (Phi) is 7.06. The van der Waals surface area contributed by atoms with E-state index in [1.807, 2.05) is 66.2 Å². The Bertz CT molecular complexity index is 1400. The molecule has 0 saturated heterocycles. The van der Waals surface area contributed by atoms with Crippen LogP contribution in [0.5, 0.6) is 0 Å². The van der Waals surface area contributed by atoms with E-state index in [1.165, 1.54) is 19.2 Å². The molecule has 176 valence electrons. The number of aromatic nitrogens is 2. The fourth-order valence-corrected chi connectivity index (χ4v) is 4.80. The molecular formula is C25H26N4O4S. The van der Waals surface area contributed by atoms with Gasteiger partial charge >= 0.3 is 0 Å². The number of rotatable bonds is 9. The van der Waals surface area contributed by atoms with Gasteiger partial charge in [0.05, 0.1) is 22.5 Å². The lowest BCUT2D eigenvalue weighted by Crippen LogP contribution is -2.31. The van der Waals surface area contributed by atoms with Crippen molar-refractivity contribution in [3.8, 4) is 0 Å². The minimum atomic E-state index is -3.77. The van der Waals surface area contributed by atoms with Crippen LogP contribution in [0.3, 0.4) is 0 Å². The number of carbonyl (C=O) groups is 1. The number of amides is 1. The summed E-state index contributed by atoms with van der Waals surface area (Å²) in [7, 11) is -0.370. The number of fused-ring (bicyclic) bond motifs is 1. The molecule has 2 N–H and O–H groups in total. The van der Waals surface area contributed by atoms with Crippen molar-refractivity contribution in [2.24, 2.45) is 7.05 Å². The Labute approximate surface area is 198 Å². The molecule has 3 aromatic carbocycles. The van der Waals surface area contributed by atoms with Crippen molar-refractivity contribution in [2.45, 2.75) is 10.9 Å². The molecule has 0 fully saturated rings. The first-order chi connectivity index (χ1) is 16.4. The van der Waals surface area contributed by atoms with Crippen LogP contribution in [0.15, 0.2) is 83.8 Å². The lowest BCUT2D eigenvalue weighted by Gasteiger charge is -2.19. The molecule has 1 atom stereocenters. The second-order valence-electron chi connectivity index (χ2n) is 7.75. The van der Waals surface area contributed by atoms with Gasteiger partial charge < -0.3 is 14.6 Å². The van der Waals surface area contributed by atoms with E-state index in [9.17, 15) is 13.2 Å². The van der Waals surface area contributed by atoms with Crippen LogP contribution >= 0.6 is 0 Å².